The fraction of sp³-hybridized carbons (Fsp3) is 0.227. The highest BCUT2D eigenvalue weighted by atomic mass is 19.1. The highest BCUT2D eigenvalue weighted by molar-refractivity contribution is 5.91. The van der Waals surface area contributed by atoms with E-state index in [0.29, 0.717) is 23.3 Å². The Bertz CT molecular complexity index is 1220. The van der Waals surface area contributed by atoms with Crippen LogP contribution in [0.3, 0.4) is 0 Å². The Morgan fingerprint density at radius 3 is 2.61 bits per heavy atom. The molecule has 0 radical (unpaired) electrons. The Balaban J connectivity index is 1.59. The summed E-state index contributed by atoms with van der Waals surface area (Å²) >= 11 is 0. The first kappa shape index (κ1) is 20.7. The smallest absolute Gasteiger partial charge is 0.220 e. The number of halogens is 2. The number of carbonyl (C=O) groups is 1. The number of hydrogen-bond acceptors (Lipinski definition) is 4. The van der Waals surface area contributed by atoms with Crippen LogP contribution in [0.4, 0.5) is 8.78 Å². The largest absolute Gasteiger partial charge is 0.394 e. The summed E-state index contributed by atoms with van der Waals surface area (Å²) in [5, 5.41) is 20.7. The van der Waals surface area contributed by atoms with Gasteiger partial charge in [0.1, 0.15) is 24.0 Å². The van der Waals surface area contributed by atoms with E-state index in [1.54, 1.807) is 29.8 Å². The molecule has 0 bridgehead atoms. The van der Waals surface area contributed by atoms with Crippen LogP contribution in [0.15, 0.2) is 48.8 Å². The average Bonchev–Trinajstić information content (AvgIpc) is 3.34. The number of benzene rings is 2. The lowest BCUT2D eigenvalue weighted by molar-refractivity contribution is -0.122. The van der Waals surface area contributed by atoms with E-state index in [1.807, 2.05) is 0 Å². The van der Waals surface area contributed by atoms with Crippen LogP contribution in [0.5, 0.6) is 0 Å². The number of aromatic amines is 1. The Labute approximate surface area is 176 Å². The van der Waals surface area contributed by atoms with E-state index in [0.717, 1.165) is 16.6 Å². The lowest BCUT2D eigenvalue weighted by Crippen LogP contribution is -2.32. The van der Waals surface area contributed by atoms with Crippen molar-refractivity contribution in [3.05, 3.63) is 71.8 Å². The molecule has 160 valence electrons. The van der Waals surface area contributed by atoms with Crippen molar-refractivity contribution in [2.75, 3.05) is 6.61 Å². The van der Waals surface area contributed by atoms with Crippen LogP contribution in [-0.2, 0) is 18.3 Å². The third-order valence-electron chi connectivity index (χ3n) is 5.18. The number of aryl methyl sites for hydroxylation is 2. The minimum absolute atomic E-state index is 0.103. The Kier molecular flexibility index (Phi) is 5.77. The molecule has 4 aromatic rings. The van der Waals surface area contributed by atoms with Crippen molar-refractivity contribution < 1.29 is 18.7 Å². The molecule has 0 saturated carbocycles. The lowest BCUT2D eigenvalue weighted by atomic mass is 10.0. The van der Waals surface area contributed by atoms with Gasteiger partial charge in [-0.05, 0) is 60.0 Å². The Morgan fingerprint density at radius 1 is 1.19 bits per heavy atom. The average molecular weight is 425 g/mol. The van der Waals surface area contributed by atoms with E-state index in [9.17, 15) is 18.7 Å². The van der Waals surface area contributed by atoms with Gasteiger partial charge in [-0.3, -0.25) is 4.79 Å². The zero-order valence-corrected chi connectivity index (χ0v) is 16.8. The summed E-state index contributed by atoms with van der Waals surface area (Å²) in [6.07, 6.45) is 1.91. The molecule has 0 aliphatic heterocycles. The van der Waals surface area contributed by atoms with Gasteiger partial charge in [0.25, 0.3) is 0 Å². The van der Waals surface area contributed by atoms with Crippen LogP contribution < -0.4 is 5.32 Å². The summed E-state index contributed by atoms with van der Waals surface area (Å²) in [5.74, 6) is -0.592. The van der Waals surface area contributed by atoms with Crippen molar-refractivity contribution in [2.24, 2.45) is 7.05 Å². The molecule has 3 N–H and O–H groups in total. The molecule has 2 aromatic carbocycles. The normalized spacial score (nSPS) is 12.3. The van der Waals surface area contributed by atoms with Gasteiger partial charge in [0.05, 0.1) is 6.61 Å². The quantitative estimate of drug-likeness (QED) is 0.424. The van der Waals surface area contributed by atoms with E-state index >= 15 is 0 Å². The fourth-order valence-corrected chi connectivity index (χ4v) is 3.65. The Morgan fingerprint density at radius 2 is 1.94 bits per heavy atom. The van der Waals surface area contributed by atoms with Crippen LogP contribution in [0, 0.1) is 11.6 Å². The molecule has 1 amide bonds. The predicted octanol–water partition coefficient (Wildman–Crippen LogP) is 3.02. The number of aliphatic hydroxyl groups excluding tert-OH is 1. The van der Waals surface area contributed by atoms with Crippen LogP contribution >= 0.6 is 0 Å². The zero-order valence-electron chi connectivity index (χ0n) is 16.8. The maximum atomic E-state index is 13.9. The Hall–Kier alpha value is -3.59. The molecule has 0 aliphatic carbocycles. The van der Waals surface area contributed by atoms with Gasteiger partial charge in [-0.2, -0.15) is 0 Å². The predicted molar refractivity (Wildman–Crippen MR) is 111 cm³/mol. The topological polar surface area (TPSA) is 95.8 Å². The molecule has 0 saturated heterocycles. The van der Waals surface area contributed by atoms with Crippen molar-refractivity contribution in [3.63, 3.8) is 0 Å². The summed E-state index contributed by atoms with van der Waals surface area (Å²) in [5.41, 5.74) is 2.93. The van der Waals surface area contributed by atoms with Crippen LogP contribution in [-0.4, -0.2) is 37.4 Å². The zero-order chi connectivity index (χ0) is 22.0. The number of fused-ring (bicyclic) bond motifs is 1. The number of rotatable bonds is 7. The molecule has 0 aliphatic rings. The number of amides is 1. The van der Waals surface area contributed by atoms with Crippen molar-refractivity contribution in [1.82, 2.24) is 25.1 Å². The molecule has 2 aromatic heterocycles. The molecular weight excluding hydrogens is 404 g/mol. The van der Waals surface area contributed by atoms with Gasteiger partial charge < -0.3 is 20.0 Å². The maximum absolute atomic E-state index is 13.9. The van der Waals surface area contributed by atoms with Crippen LogP contribution in [0.2, 0.25) is 0 Å². The summed E-state index contributed by atoms with van der Waals surface area (Å²) in [6, 6.07) is 9.70. The SMILES string of the molecule is Cn1cnnc1C(CO)NC(=O)CCc1c(-c2ccc(F)cc2)[nH]c2ccc(F)cc12. The number of nitrogens with zero attached hydrogens (tertiary/aromatic N) is 3. The van der Waals surface area contributed by atoms with Gasteiger partial charge in [-0.15, -0.1) is 10.2 Å². The third kappa shape index (κ3) is 4.31. The van der Waals surface area contributed by atoms with Crippen LogP contribution in [0.1, 0.15) is 23.9 Å². The maximum Gasteiger partial charge on any atom is 0.220 e. The summed E-state index contributed by atoms with van der Waals surface area (Å²) in [6.45, 7) is -0.322. The second-order valence-electron chi connectivity index (χ2n) is 7.28. The number of H-pyrrole nitrogens is 1. The highest BCUT2D eigenvalue weighted by Gasteiger charge is 2.20. The summed E-state index contributed by atoms with van der Waals surface area (Å²) in [7, 11) is 1.72. The third-order valence-corrected chi connectivity index (χ3v) is 5.18. The number of aliphatic hydroxyl groups is 1. The molecule has 1 unspecified atom stereocenters. The second kappa shape index (κ2) is 8.65. The molecule has 4 rings (SSSR count). The van der Waals surface area contributed by atoms with Crippen molar-refractivity contribution in [3.8, 4) is 11.3 Å². The molecule has 1 atom stereocenters. The van der Waals surface area contributed by atoms with Gasteiger partial charge in [0.15, 0.2) is 5.82 Å². The van der Waals surface area contributed by atoms with E-state index in [2.05, 4.69) is 20.5 Å². The molecule has 31 heavy (non-hydrogen) atoms. The molecule has 0 fully saturated rings. The molecular formula is C22H21F2N5O2. The summed E-state index contributed by atoms with van der Waals surface area (Å²) < 4.78 is 28.9. The minimum atomic E-state index is -0.683. The first-order chi connectivity index (χ1) is 15.0. The van der Waals surface area contributed by atoms with Crippen molar-refractivity contribution in [2.45, 2.75) is 18.9 Å². The van der Waals surface area contributed by atoms with Gasteiger partial charge in [0, 0.05) is 30.1 Å². The summed E-state index contributed by atoms with van der Waals surface area (Å²) in [4.78, 5) is 15.8. The van der Waals surface area contributed by atoms with E-state index < -0.39 is 6.04 Å². The molecule has 0 spiro atoms. The fourth-order valence-electron chi connectivity index (χ4n) is 3.65. The van der Waals surface area contributed by atoms with Crippen LogP contribution in [0.25, 0.3) is 22.2 Å². The van der Waals surface area contributed by atoms with E-state index in [-0.39, 0.29) is 30.6 Å². The molecule has 7 nitrogen and oxygen atoms in total. The minimum Gasteiger partial charge on any atom is -0.394 e. The van der Waals surface area contributed by atoms with E-state index in [4.69, 9.17) is 0 Å². The standard InChI is InChI=1S/C22H21F2N5O2/c1-29-12-25-28-22(29)19(11-30)26-20(31)9-7-16-17-10-15(24)6-8-18(17)27-21(16)13-2-4-14(23)5-3-13/h2-6,8,10,12,19,27,30H,7,9,11H2,1H3,(H,26,31). The van der Waals surface area contributed by atoms with Crippen molar-refractivity contribution in [1.29, 1.82) is 0 Å². The number of aromatic nitrogens is 4. The molecule has 9 heteroatoms. The van der Waals surface area contributed by atoms with Crippen molar-refractivity contribution >= 4 is 16.8 Å². The number of nitrogens with one attached hydrogen (secondary N) is 2. The lowest BCUT2D eigenvalue weighted by Gasteiger charge is -2.15. The monoisotopic (exact) mass is 425 g/mol. The van der Waals surface area contributed by atoms with Gasteiger partial charge in [-0.1, -0.05) is 0 Å². The second-order valence-corrected chi connectivity index (χ2v) is 7.28. The van der Waals surface area contributed by atoms with Gasteiger partial charge in [-0.25, -0.2) is 8.78 Å². The van der Waals surface area contributed by atoms with E-state index in [1.165, 1.54) is 30.6 Å². The highest BCUT2D eigenvalue weighted by Crippen LogP contribution is 2.32. The molecule has 2 heterocycles. The number of carbonyl (C=O) groups excluding carboxylic acids is 1. The van der Waals surface area contributed by atoms with Gasteiger partial charge in [0.2, 0.25) is 5.91 Å². The number of hydrogen-bond donors (Lipinski definition) is 3. The first-order valence-corrected chi connectivity index (χ1v) is 9.76. The first-order valence-electron chi connectivity index (χ1n) is 9.76. The van der Waals surface area contributed by atoms with Gasteiger partial charge >= 0.3 is 0 Å².